The zero-order valence-corrected chi connectivity index (χ0v) is 16.5. The molecule has 3 aromatic carbocycles. The van der Waals surface area contributed by atoms with Crippen LogP contribution in [0.2, 0.25) is 0 Å². The quantitative estimate of drug-likeness (QED) is 0.351. The summed E-state index contributed by atoms with van der Waals surface area (Å²) in [6, 6.07) is 23.3. The summed E-state index contributed by atoms with van der Waals surface area (Å²) < 4.78 is 5.53. The number of aliphatic carboxylic acids is 1. The van der Waals surface area contributed by atoms with E-state index in [0.29, 0.717) is 12.1 Å². The van der Waals surface area contributed by atoms with E-state index in [-0.39, 0.29) is 18.9 Å². The maximum atomic E-state index is 12.6. The van der Waals surface area contributed by atoms with Crippen molar-refractivity contribution in [3.63, 3.8) is 0 Å². The zero-order chi connectivity index (χ0) is 21.1. The second-order valence-electron chi connectivity index (χ2n) is 7.49. The van der Waals surface area contributed by atoms with E-state index in [9.17, 15) is 14.7 Å². The Morgan fingerprint density at radius 3 is 2.07 bits per heavy atom. The van der Waals surface area contributed by atoms with Crippen molar-refractivity contribution in [1.29, 1.82) is 0 Å². The smallest absolute Gasteiger partial charge is 0.320 e. The molecule has 0 saturated heterocycles. The van der Waals surface area contributed by atoms with Gasteiger partial charge in [0.2, 0.25) is 0 Å². The van der Waals surface area contributed by atoms with Gasteiger partial charge in [-0.05, 0) is 46.7 Å². The lowest BCUT2D eigenvalue weighted by Gasteiger charge is -2.17. The van der Waals surface area contributed by atoms with Crippen LogP contribution in [0, 0.1) is 5.92 Å². The molecule has 0 saturated carbocycles. The van der Waals surface area contributed by atoms with E-state index in [4.69, 9.17) is 10.5 Å². The molecule has 0 heterocycles. The van der Waals surface area contributed by atoms with Crippen molar-refractivity contribution in [2.45, 2.75) is 18.8 Å². The minimum Gasteiger partial charge on any atom is -0.481 e. The Kier molecular flexibility index (Phi) is 5.53. The molecule has 5 heteroatoms. The summed E-state index contributed by atoms with van der Waals surface area (Å²) in [4.78, 5) is 24.3. The van der Waals surface area contributed by atoms with Crippen molar-refractivity contribution < 1.29 is 19.4 Å². The van der Waals surface area contributed by atoms with Gasteiger partial charge in [-0.1, -0.05) is 66.7 Å². The first-order valence-electron chi connectivity index (χ1n) is 9.97. The molecule has 5 nitrogen and oxygen atoms in total. The third-order valence-corrected chi connectivity index (χ3v) is 5.69. The number of ether oxygens (including phenoxy) is 1. The lowest BCUT2D eigenvalue weighted by Crippen LogP contribution is -2.28. The van der Waals surface area contributed by atoms with Gasteiger partial charge in [0.1, 0.15) is 6.61 Å². The van der Waals surface area contributed by atoms with Gasteiger partial charge in [-0.2, -0.15) is 0 Å². The molecule has 30 heavy (non-hydrogen) atoms. The van der Waals surface area contributed by atoms with Crippen molar-refractivity contribution in [1.82, 2.24) is 0 Å². The number of esters is 1. The molecular weight excluding hydrogens is 378 g/mol. The summed E-state index contributed by atoms with van der Waals surface area (Å²) in [6.07, 6.45) is 0.536. The summed E-state index contributed by atoms with van der Waals surface area (Å²) in [5.41, 5.74) is 11.8. The fourth-order valence-corrected chi connectivity index (χ4v) is 4.11. The number of fused-ring (bicyclic) bond motifs is 3. The Bertz CT molecular complexity index is 1050. The average Bonchev–Trinajstić information content (AvgIpc) is 3.07. The molecule has 0 aromatic heterocycles. The number of carbonyl (C=O) groups is 2. The fraction of sp³-hybridized carbons (Fsp3) is 0.200. The van der Waals surface area contributed by atoms with Crippen molar-refractivity contribution in [2.24, 2.45) is 5.92 Å². The van der Waals surface area contributed by atoms with Crippen LogP contribution in [0.3, 0.4) is 0 Å². The molecule has 1 aliphatic carbocycles. The predicted molar refractivity (Wildman–Crippen MR) is 115 cm³/mol. The Labute approximate surface area is 175 Å². The monoisotopic (exact) mass is 401 g/mol. The van der Waals surface area contributed by atoms with Crippen LogP contribution in [0.4, 0.5) is 5.69 Å². The van der Waals surface area contributed by atoms with Crippen LogP contribution in [0.5, 0.6) is 0 Å². The van der Waals surface area contributed by atoms with Gasteiger partial charge in [-0.25, -0.2) is 0 Å². The number of carboxylic acids is 1. The van der Waals surface area contributed by atoms with Crippen LogP contribution in [0.1, 0.15) is 29.0 Å². The molecule has 3 N–H and O–H groups in total. The van der Waals surface area contributed by atoms with Gasteiger partial charge in [0.25, 0.3) is 0 Å². The first kappa shape index (κ1) is 19.7. The van der Waals surface area contributed by atoms with E-state index >= 15 is 0 Å². The van der Waals surface area contributed by atoms with Crippen LogP contribution < -0.4 is 5.73 Å². The number of para-hydroxylation sites is 1. The Morgan fingerprint density at radius 1 is 0.900 bits per heavy atom. The van der Waals surface area contributed by atoms with Crippen LogP contribution in [-0.4, -0.2) is 23.7 Å². The van der Waals surface area contributed by atoms with E-state index < -0.39 is 17.9 Å². The van der Waals surface area contributed by atoms with Crippen LogP contribution in [0.15, 0.2) is 72.8 Å². The minimum absolute atomic E-state index is 0.0967. The number of aryl methyl sites for hydroxylation is 1. The van der Waals surface area contributed by atoms with Gasteiger partial charge in [0, 0.05) is 11.6 Å². The first-order chi connectivity index (χ1) is 14.6. The van der Waals surface area contributed by atoms with Gasteiger partial charge in [-0.15, -0.1) is 0 Å². The van der Waals surface area contributed by atoms with Gasteiger partial charge in [0.05, 0.1) is 0 Å². The number of benzene rings is 3. The van der Waals surface area contributed by atoms with E-state index in [1.54, 1.807) is 6.07 Å². The highest BCUT2D eigenvalue weighted by molar-refractivity contribution is 5.94. The van der Waals surface area contributed by atoms with Crippen molar-refractivity contribution in [3.8, 4) is 11.1 Å². The lowest BCUT2D eigenvalue weighted by molar-refractivity contribution is -0.159. The normalized spacial score (nSPS) is 13.3. The SMILES string of the molecule is Nc1ccccc1CCC(C(=O)O)C(=O)OCC1c2ccccc2-c2ccccc21. The summed E-state index contributed by atoms with van der Waals surface area (Å²) in [7, 11) is 0. The lowest BCUT2D eigenvalue weighted by atomic mass is 9.97. The summed E-state index contributed by atoms with van der Waals surface area (Å²) in [6.45, 7) is 0.115. The van der Waals surface area contributed by atoms with E-state index in [1.807, 2.05) is 54.6 Å². The number of nitrogen functional groups attached to an aromatic ring is 1. The number of anilines is 1. The minimum atomic E-state index is -1.23. The molecule has 152 valence electrons. The number of nitrogens with two attached hydrogens (primary N) is 1. The van der Waals surface area contributed by atoms with E-state index in [2.05, 4.69) is 12.1 Å². The number of carbonyl (C=O) groups excluding carboxylic acids is 1. The molecule has 1 aliphatic rings. The summed E-state index contributed by atoms with van der Waals surface area (Å²) in [5.74, 6) is -3.21. The van der Waals surface area contributed by atoms with Gasteiger partial charge < -0.3 is 15.6 Å². The molecule has 4 rings (SSSR count). The Morgan fingerprint density at radius 2 is 1.47 bits per heavy atom. The van der Waals surface area contributed by atoms with Crippen LogP contribution in [0.25, 0.3) is 11.1 Å². The largest absolute Gasteiger partial charge is 0.481 e. The number of rotatable bonds is 7. The Balaban J connectivity index is 1.46. The van der Waals surface area contributed by atoms with Crippen LogP contribution in [-0.2, 0) is 20.7 Å². The molecule has 0 fully saturated rings. The number of hydrogen-bond donors (Lipinski definition) is 2. The topological polar surface area (TPSA) is 89.6 Å². The Hall–Kier alpha value is -3.60. The van der Waals surface area contributed by atoms with Crippen LogP contribution >= 0.6 is 0 Å². The molecule has 1 unspecified atom stereocenters. The van der Waals surface area contributed by atoms with Crippen molar-refractivity contribution in [3.05, 3.63) is 89.5 Å². The molecule has 0 aliphatic heterocycles. The van der Waals surface area contributed by atoms with Crippen molar-refractivity contribution in [2.75, 3.05) is 12.3 Å². The zero-order valence-electron chi connectivity index (χ0n) is 16.5. The maximum Gasteiger partial charge on any atom is 0.320 e. The third kappa shape index (κ3) is 3.79. The molecule has 0 radical (unpaired) electrons. The second kappa shape index (κ2) is 8.41. The standard InChI is InChI=1S/C25H23NO4/c26-23-12-6-1-7-16(23)13-14-21(24(27)28)25(29)30-15-22-19-10-4-2-8-17(19)18-9-3-5-11-20(18)22/h1-12,21-22H,13-15,26H2,(H,27,28). The predicted octanol–water partition coefficient (Wildman–Crippen LogP) is 4.26. The van der Waals surface area contributed by atoms with Gasteiger partial charge in [-0.3, -0.25) is 9.59 Å². The highest BCUT2D eigenvalue weighted by atomic mass is 16.5. The molecule has 0 spiro atoms. The molecule has 0 amide bonds. The maximum absolute atomic E-state index is 12.6. The van der Waals surface area contributed by atoms with Gasteiger partial charge in [0.15, 0.2) is 5.92 Å². The fourth-order valence-electron chi connectivity index (χ4n) is 4.11. The van der Waals surface area contributed by atoms with E-state index in [1.165, 1.54) is 0 Å². The van der Waals surface area contributed by atoms with Crippen molar-refractivity contribution >= 4 is 17.6 Å². The summed E-state index contributed by atoms with van der Waals surface area (Å²) in [5, 5.41) is 9.57. The molecule has 1 atom stereocenters. The highest BCUT2D eigenvalue weighted by Crippen LogP contribution is 2.44. The molecule has 3 aromatic rings. The first-order valence-corrected chi connectivity index (χ1v) is 9.97. The number of hydrogen-bond acceptors (Lipinski definition) is 4. The second-order valence-corrected chi connectivity index (χ2v) is 7.49. The summed E-state index contributed by atoms with van der Waals surface area (Å²) >= 11 is 0. The third-order valence-electron chi connectivity index (χ3n) is 5.69. The number of carboxylic acid groups (broad SMARTS) is 1. The molecular formula is C25H23NO4. The van der Waals surface area contributed by atoms with Gasteiger partial charge >= 0.3 is 11.9 Å². The average molecular weight is 401 g/mol. The molecule has 0 bridgehead atoms. The van der Waals surface area contributed by atoms with E-state index in [0.717, 1.165) is 27.8 Å². The highest BCUT2D eigenvalue weighted by Gasteiger charge is 2.32.